The second-order valence-electron chi connectivity index (χ2n) is 2.83. The zero-order chi connectivity index (χ0) is 10.5. The van der Waals surface area contributed by atoms with Crippen molar-refractivity contribution in [2.75, 3.05) is 7.11 Å². The summed E-state index contributed by atoms with van der Waals surface area (Å²) in [5, 5.41) is 0. The number of methoxy groups -OCH3 is 1. The predicted molar refractivity (Wildman–Crippen MR) is 41.1 cm³/mol. The largest absolute Gasteiger partial charge is 0.469 e. The van der Waals surface area contributed by atoms with Crippen LogP contribution >= 0.6 is 0 Å². The SMILES string of the molecule is CCCC(CC(F)(F)F)C(=O)OC. The minimum Gasteiger partial charge on any atom is -0.469 e. The van der Waals surface area contributed by atoms with E-state index >= 15 is 0 Å². The molecule has 0 bridgehead atoms. The highest BCUT2D eigenvalue weighted by Gasteiger charge is 2.35. The maximum Gasteiger partial charge on any atom is 0.389 e. The van der Waals surface area contributed by atoms with Crippen molar-refractivity contribution in [1.82, 2.24) is 0 Å². The van der Waals surface area contributed by atoms with Crippen LogP contribution in [0.15, 0.2) is 0 Å². The molecule has 0 spiro atoms. The molecule has 2 nitrogen and oxygen atoms in total. The number of ether oxygens (including phenoxy) is 1. The lowest BCUT2D eigenvalue weighted by molar-refractivity contribution is -0.166. The zero-order valence-corrected chi connectivity index (χ0v) is 7.65. The smallest absolute Gasteiger partial charge is 0.389 e. The Morgan fingerprint density at radius 2 is 2.00 bits per heavy atom. The fraction of sp³-hybridized carbons (Fsp3) is 0.875. The van der Waals surface area contributed by atoms with Gasteiger partial charge in [0.15, 0.2) is 0 Å². The monoisotopic (exact) mass is 198 g/mol. The average molecular weight is 198 g/mol. The van der Waals surface area contributed by atoms with Crippen LogP contribution in [0.3, 0.4) is 0 Å². The quantitative estimate of drug-likeness (QED) is 0.649. The maximum atomic E-state index is 11.9. The molecule has 0 aromatic carbocycles. The highest BCUT2D eigenvalue weighted by molar-refractivity contribution is 5.72. The van der Waals surface area contributed by atoms with Crippen molar-refractivity contribution >= 4 is 5.97 Å². The molecule has 78 valence electrons. The van der Waals surface area contributed by atoms with Gasteiger partial charge in [-0.25, -0.2) is 0 Å². The Bertz CT molecular complexity index is 165. The first kappa shape index (κ1) is 12.3. The summed E-state index contributed by atoms with van der Waals surface area (Å²) in [5.74, 6) is -1.82. The Labute approximate surface area is 75.1 Å². The lowest BCUT2D eigenvalue weighted by atomic mass is 10.00. The van der Waals surface area contributed by atoms with Gasteiger partial charge in [-0.3, -0.25) is 4.79 Å². The van der Waals surface area contributed by atoms with Gasteiger partial charge in [0, 0.05) is 0 Å². The summed E-state index contributed by atoms with van der Waals surface area (Å²) in [4.78, 5) is 10.9. The molecule has 0 fully saturated rings. The van der Waals surface area contributed by atoms with Crippen molar-refractivity contribution < 1.29 is 22.7 Å². The van der Waals surface area contributed by atoms with Crippen LogP contribution < -0.4 is 0 Å². The van der Waals surface area contributed by atoms with E-state index in [9.17, 15) is 18.0 Å². The summed E-state index contributed by atoms with van der Waals surface area (Å²) in [6, 6.07) is 0. The van der Waals surface area contributed by atoms with Crippen LogP contribution in [0.1, 0.15) is 26.2 Å². The molecule has 5 heteroatoms. The highest BCUT2D eigenvalue weighted by Crippen LogP contribution is 2.27. The van der Waals surface area contributed by atoms with Gasteiger partial charge in [-0.05, 0) is 6.42 Å². The van der Waals surface area contributed by atoms with Crippen LogP contribution in [0.25, 0.3) is 0 Å². The van der Waals surface area contributed by atoms with Gasteiger partial charge in [0.1, 0.15) is 0 Å². The van der Waals surface area contributed by atoms with Gasteiger partial charge >= 0.3 is 12.1 Å². The molecule has 1 unspecified atom stereocenters. The van der Waals surface area contributed by atoms with Gasteiger partial charge in [-0.15, -0.1) is 0 Å². The first-order chi connectivity index (χ1) is 5.90. The van der Waals surface area contributed by atoms with E-state index in [2.05, 4.69) is 4.74 Å². The molecular formula is C8H13F3O2. The van der Waals surface area contributed by atoms with Crippen LogP contribution in [0.4, 0.5) is 13.2 Å². The Morgan fingerprint density at radius 3 is 2.31 bits per heavy atom. The van der Waals surface area contributed by atoms with Gasteiger partial charge in [-0.1, -0.05) is 13.3 Å². The van der Waals surface area contributed by atoms with Crippen molar-refractivity contribution in [3.8, 4) is 0 Å². The number of carbonyl (C=O) groups excluding carboxylic acids is 1. The van der Waals surface area contributed by atoms with E-state index in [0.717, 1.165) is 7.11 Å². The molecule has 13 heavy (non-hydrogen) atoms. The van der Waals surface area contributed by atoms with Crippen LogP contribution in [0.2, 0.25) is 0 Å². The molecule has 0 saturated carbocycles. The topological polar surface area (TPSA) is 26.3 Å². The lowest BCUT2D eigenvalue weighted by Gasteiger charge is -2.15. The Morgan fingerprint density at radius 1 is 1.46 bits per heavy atom. The molecular weight excluding hydrogens is 185 g/mol. The van der Waals surface area contributed by atoms with E-state index in [4.69, 9.17) is 0 Å². The molecule has 1 atom stereocenters. The summed E-state index contributed by atoms with van der Waals surface area (Å²) in [6.45, 7) is 1.73. The molecule has 0 rings (SSSR count). The van der Waals surface area contributed by atoms with E-state index < -0.39 is 24.5 Å². The van der Waals surface area contributed by atoms with E-state index in [1.165, 1.54) is 0 Å². The molecule has 0 aliphatic carbocycles. The van der Waals surface area contributed by atoms with Crippen molar-refractivity contribution in [2.24, 2.45) is 5.92 Å². The Balaban J connectivity index is 4.17. The van der Waals surface area contributed by atoms with E-state index in [0.29, 0.717) is 6.42 Å². The first-order valence-corrected chi connectivity index (χ1v) is 4.05. The standard InChI is InChI=1S/C8H13F3O2/c1-3-4-6(7(12)13-2)5-8(9,10)11/h6H,3-5H2,1-2H3. The van der Waals surface area contributed by atoms with E-state index in [-0.39, 0.29) is 6.42 Å². The molecule has 0 N–H and O–H groups in total. The highest BCUT2D eigenvalue weighted by atomic mass is 19.4. The third kappa shape index (κ3) is 5.49. The van der Waals surface area contributed by atoms with Gasteiger partial charge < -0.3 is 4.74 Å². The normalized spacial score (nSPS) is 13.9. The summed E-state index contributed by atoms with van der Waals surface area (Å²) in [6.07, 6.45) is -4.64. The van der Waals surface area contributed by atoms with Crippen LogP contribution in [-0.2, 0) is 9.53 Å². The third-order valence-electron chi connectivity index (χ3n) is 1.65. The second kappa shape index (κ2) is 5.09. The Kier molecular flexibility index (Phi) is 4.80. The number of halogens is 3. The first-order valence-electron chi connectivity index (χ1n) is 4.05. The fourth-order valence-corrected chi connectivity index (χ4v) is 1.10. The van der Waals surface area contributed by atoms with Crippen molar-refractivity contribution in [3.63, 3.8) is 0 Å². The molecule has 0 aliphatic rings. The molecule has 0 aliphatic heterocycles. The summed E-state index contributed by atoms with van der Waals surface area (Å²) < 4.78 is 40.0. The van der Waals surface area contributed by atoms with Gasteiger partial charge in [0.2, 0.25) is 0 Å². The van der Waals surface area contributed by atoms with Crippen LogP contribution in [0.5, 0.6) is 0 Å². The van der Waals surface area contributed by atoms with Crippen molar-refractivity contribution in [3.05, 3.63) is 0 Å². The predicted octanol–water partition coefficient (Wildman–Crippen LogP) is 2.53. The summed E-state index contributed by atoms with van der Waals surface area (Å²) >= 11 is 0. The number of hydrogen-bond donors (Lipinski definition) is 0. The molecule has 0 heterocycles. The maximum absolute atomic E-state index is 11.9. The van der Waals surface area contributed by atoms with Crippen LogP contribution in [0, 0.1) is 5.92 Å². The molecule has 0 saturated heterocycles. The third-order valence-corrected chi connectivity index (χ3v) is 1.65. The number of carbonyl (C=O) groups is 1. The van der Waals surface area contributed by atoms with Gasteiger partial charge in [0.25, 0.3) is 0 Å². The Hall–Kier alpha value is -0.740. The number of hydrogen-bond acceptors (Lipinski definition) is 2. The lowest BCUT2D eigenvalue weighted by Crippen LogP contribution is -2.23. The zero-order valence-electron chi connectivity index (χ0n) is 7.65. The van der Waals surface area contributed by atoms with E-state index in [1.54, 1.807) is 6.92 Å². The molecule has 0 radical (unpaired) electrons. The summed E-state index contributed by atoms with van der Waals surface area (Å²) in [7, 11) is 1.10. The van der Waals surface area contributed by atoms with Gasteiger partial charge in [0.05, 0.1) is 19.4 Å². The molecule has 0 aromatic heterocycles. The van der Waals surface area contributed by atoms with Crippen molar-refractivity contribution in [2.45, 2.75) is 32.4 Å². The second-order valence-corrected chi connectivity index (χ2v) is 2.83. The average Bonchev–Trinajstić information content (AvgIpc) is 2.00. The van der Waals surface area contributed by atoms with Crippen molar-refractivity contribution in [1.29, 1.82) is 0 Å². The number of rotatable bonds is 4. The van der Waals surface area contributed by atoms with Crippen LogP contribution in [-0.4, -0.2) is 19.3 Å². The number of alkyl halides is 3. The molecule has 0 aromatic rings. The van der Waals surface area contributed by atoms with Gasteiger partial charge in [-0.2, -0.15) is 13.2 Å². The summed E-state index contributed by atoms with van der Waals surface area (Å²) in [5.41, 5.74) is 0. The van der Waals surface area contributed by atoms with E-state index in [1.807, 2.05) is 0 Å². The fourth-order valence-electron chi connectivity index (χ4n) is 1.10. The minimum absolute atomic E-state index is 0.214. The minimum atomic E-state index is -4.30. The number of esters is 1. The molecule has 0 amide bonds.